The van der Waals surface area contributed by atoms with E-state index in [2.05, 4.69) is 6.08 Å². The molecule has 4 nitrogen and oxygen atoms in total. The van der Waals surface area contributed by atoms with E-state index in [1.807, 2.05) is 47.6 Å². The van der Waals surface area contributed by atoms with Gasteiger partial charge in [-0.3, -0.25) is 9.59 Å². The predicted octanol–water partition coefficient (Wildman–Crippen LogP) is 3.85. The second-order valence-corrected chi connectivity index (χ2v) is 7.60. The minimum absolute atomic E-state index is 0.0313. The molecule has 0 heterocycles. The zero-order valence-corrected chi connectivity index (χ0v) is 15.4. The summed E-state index contributed by atoms with van der Waals surface area (Å²) in [5.41, 5.74) is 0. The Morgan fingerprint density at radius 1 is 0.957 bits per heavy atom. The van der Waals surface area contributed by atoms with Gasteiger partial charge in [0.05, 0.1) is 25.0 Å². The highest BCUT2D eigenvalue weighted by atomic mass is 16.5. The van der Waals surface area contributed by atoms with Gasteiger partial charge in [-0.15, -0.1) is 0 Å². The lowest BCUT2D eigenvalue weighted by atomic mass is 9.77. The summed E-state index contributed by atoms with van der Waals surface area (Å²) in [6.45, 7) is 12.8. The van der Waals surface area contributed by atoms with Crippen LogP contribution >= 0.6 is 0 Å². The summed E-state index contributed by atoms with van der Waals surface area (Å²) in [4.78, 5) is 25.2. The molecule has 132 valence electrons. The van der Waals surface area contributed by atoms with Crippen molar-refractivity contribution in [1.82, 2.24) is 0 Å². The molecule has 0 aromatic rings. The van der Waals surface area contributed by atoms with E-state index in [9.17, 15) is 9.59 Å². The molecule has 0 radical (unpaired) electrons. The number of carbonyl (C=O) groups excluding carboxylic acids is 2. The lowest BCUT2D eigenvalue weighted by molar-refractivity contribution is -0.165. The summed E-state index contributed by atoms with van der Waals surface area (Å²) in [6.07, 6.45) is 4.86. The Morgan fingerprint density at radius 2 is 1.43 bits per heavy atom. The first kappa shape index (κ1) is 19.7. The van der Waals surface area contributed by atoms with Gasteiger partial charge in [0, 0.05) is 0 Å². The maximum absolute atomic E-state index is 12.6. The smallest absolute Gasteiger partial charge is 0.310 e. The highest BCUT2D eigenvalue weighted by Gasteiger charge is 2.43. The molecular formula is C19H32O4. The molecule has 4 unspecified atom stereocenters. The average Bonchev–Trinajstić information content (AvgIpc) is 2.61. The third-order valence-corrected chi connectivity index (χ3v) is 4.18. The standard InChI is InChI=1S/C19H32O4/c1-12(2)10-22-18(20)16-14(5)8-7-9-15(6)17(16)19(21)23-11-13(3)4/h7-8,12-17H,9-11H2,1-6H3. The third kappa shape index (κ3) is 6.00. The minimum atomic E-state index is -0.470. The first-order valence-corrected chi connectivity index (χ1v) is 8.73. The summed E-state index contributed by atoms with van der Waals surface area (Å²) in [7, 11) is 0. The highest BCUT2D eigenvalue weighted by molar-refractivity contribution is 5.83. The molecule has 1 aliphatic rings. The molecule has 0 aliphatic heterocycles. The Hall–Kier alpha value is -1.32. The lowest BCUT2D eigenvalue weighted by Crippen LogP contribution is -2.39. The second kappa shape index (κ2) is 9.09. The van der Waals surface area contributed by atoms with Gasteiger partial charge in [0.15, 0.2) is 0 Å². The van der Waals surface area contributed by atoms with Gasteiger partial charge in [0.25, 0.3) is 0 Å². The molecule has 0 amide bonds. The van der Waals surface area contributed by atoms with Crippen LogP contribution in [-0.4, -0.2) is 25.2 Å². The van der Waals surface area contributed by atoms with Crippen LogP contribution in [0, 0.1) is 35.5 Å². The predicted molar refractivity (Wildman–Crippen MR) is 90.7 cm³/mol. The minimum Gasteiger partial charge on any atom is -0.465 e. The van der Waals surface area contributed by atoms with E-state index >= 15 is 0 Å². The van der Waals surface area contributed by atoms with E-state index < -0.39 is 11.8 Å². The molecular weight excluding hydrogens is 292 g/mol. The Labute approximate surface area is 140 Å². The van der Waals surface area contributed by atoms with Crippen LogP contribution < -0.4 is 0 Å². The van der Waals surface area contributed by atoms with Gasteiger partial charge >= 0.3 is 11.9 Å². The summed E-state index contributed by atoms with van der Waals surface area (Å²) < 4.78 is 10.9. The highest BCUT2D eigenvalue weighted by Crippen LogP contribution is 2.35. The van der Waals surface area contributed by atoms with Crippen molar-refractivity contribution in [3.05, 3.63) is 12.2 Å². The van der Waals surface area contributed by atoms with Gasteiger partial charge in [-0.1, -0.05) is 53.7 Å². The Morgan fingerprint density at radius 3 is 1.91 bits per heavy atom. The molecule has 0 fully saturated rings. The molecule has 0 aromatic carbocycles. The number of ether oxygens (including phenoxy) is 2. The lowest BCUT2D eigenvalue weighted by Gasteiger charge is -2.30. The normalized spacial score (nSPS) is 27.8. The Balaban J connectivity index is 2.93. The molecule has 1 rings (SSSR count). The molecule has 0 aromatic heterocycles. The molecule has 4 atom stereocenters. The van der Waals surface area contributed by atoms with E-state index in [0.717, 1.165) is 6.42 Å². The van der Waals surface area contributed by atoms with Gasteiger partial charge in [-0.05, 0) is 30.1 Å². The van der Waals surface area contributed by atoms with Crippen LogP contribution in [0.5, 0.6) is 0 Å². The molecule has 0 saturated heterocycles. The number of rotatable bonds is 6. The molecule has 0 N–H and O–H groups in total. The number of hydrogen-bond donors (Lipinski definition) is 0. The van der Waals surface area contributed by atoms with Gasteiger partial charge in [0.2, 0.25) is 0 Å². The largest absolute Gasteiger partial charge is 0.465 e. The topological polar surface area (TPSA) is 52.6 Å². The van der Waals surface area contributed by atoms with E-state index in [1.54, 1.807) is 0 Å². The zero-order chi connectivity index (χ0) is 17.6. The number of allylic oxidation sites excluding steroid dienone is 2. The summed E-state index contributed by atoms with van der Waals surface area (Å²) in [5.74, 6) is -0.880. The van der Waals surface area contributed by atoms with Crippen LogP contribution in [0.25, 0.3) is 0 Å². The number of hydrogen-bond acceptors (Lipinski definition) is 4. The Bertz CT molecular complexity index is 425. The van der Waals surface area contributed by atoms with Crippen molar-refractivity contribution in [2.45, 2.75) is 48.0 Å². The van der Waals surface area contributed by atoms with E-state index in [0.29, 0.717) is 13.2 Å². The van der Waals surface area contributed by atoms with Crippen molar-refractivity contribution in [3.63, 3.8) is 0 Å². The van der Waals surface area contributed by atoms with Crippen molar-refractivity contribution in [2.24, 2.45) is 35.5 Å². The Kier molecular flexibility index (Phi) is 7.80. The second-order valence-electron chi connectivity index (χ2n) is 7.60. The van der Waals surface area contributed by atoms with Crippen LogP contribution in [-0.2, 0) is 19.1 Å². The van der Waals surface area contributed by atoms with Crippen LogP contribution in [0.2, 0.25) is 0 Å². The molecule has 0 spiro atoms. The zero-order valence-electron chi connectivity index (χ0n) is 15.4. The quantitative estimate of drug-likeness (QED) is 0.550. The number of carbonyl (C=O) groups is 2. The first-order valence-electron chi connectivity index (χ1n) is 8.73. The van der Waals surface area contributed by atoms with E-state index in [1.165, 1.54) is 0 Å². The van der Waals surface area contributed by atoms with Crippen molar-refractivity contribution >= 4 is 11.9 Å². The van der Waals surface area contributed by atoms with Gasteiger partial charge in [0.1, 0.15) is 0 Å². The maximum Gasteiger partial charge on any atom is 0.310 e. The monoisotopic (exact) mass is 324 g/mol. The van der Waals surface area contributed by atoms with Crippen LogP contribution in [0.4, 0.5) is 0 Å². The fourth-order valence-electron chi connectivity index (χ4n) is 2.89. The van der Waals surface area contributed by atoms with Crippen LogP contribution in [0.1, 0.15) is 48.0 Å². The average molecular weight is 324 g/mol. The SMILES string of the molecule is CC(C)COC(=O)C1C(C)C=CCC(C)C1C(=O)OCC(C)C. The molecule has 0 saturated carbocycles. The van der Waals surface area contributed by atoms with Crippen LogP contribution in [0.15, 0.2) is 12.2 Å². The molecule has 4 heteroatoms. The van der Waals surface area contributed by atoms with E-state index in [-0.39, 0.29) is 35.6 Å². The molecule has 1 aliphatic carbocycles. The van der Waals surface area contributed by atoms with Crippen molar-refractivity contribution in [1.29, 1.82) is 0 Å². The summed E-state index contributed by atoms with van der Waals surface area (Å²) in [6, 6.07) is 0. The molecule has 23 heavy (non-hydrogen) atoms. The van der Waals surface area contributed by atoms with Gasteiger partial charge in [-0.25, -0.2) is 0 Å². The molecule has 0 bridgehead atoms. The third-order valence-electron chi connectivity index (χ3n) is 4.18. The van der Waals surface area contributed by atoms with E-state index in [4.69, 9.17) is 9.47 Å². The van der Waals surface area contributed by atoms with Crippen molar-refractivity contribution < 1.29 is 19.1 Å². The summed E-state index contributed by atoms with van der Waals surface area (Å²) in [5, 5.41) is 0. The van der Waals surface area contributed by atoms with Gasteiger partial charge < -0.3 is 9.47 Å². The van der Waals surface area contributed by atoms with Crippen molar-refractivity contribution in [3.8, 4) is 0 Å². The van der Waals surface area contributed by atoms with Crippen LogP contribution in [0.3, 0.4) is 0 Å². The van der Waals surface area contributed by atoms with Gasteiger partial charge in [-0.2, -0.15) is 0 Å². The maximum atomic E-state index is 12.6. The fourth-order valence-corrected chi connectivity index (χ4v) is 2.89. The number of esters is 2. The summed E-state index contributed by atoms with van der Waals surface area (Å²) >= 11 is 0. The van der Waals surface area contributed by atoms with Crippen molar-refractivity contribution in [2.75, 3.05) is 13.2 Å². The fraction of sp³-hybridized carbons (Fsp3) is 0.789. The first-order chi connectivity index (χ1) is 10.7.